The molecule has 0 aliphatic heterocycles. The molecule has 98 valence electrons. The van der Waals surface area contributed by atoms with Crippen LogP contribution in [0.1, 0.15) is 52.8 Å². The summed E-state index contributed by atoms with van der Waals surface area (Å²) in [4.78, 5) is 0. The summed E-state index contributed by atoms with van der Waals surface area (Å²) in [6.45, 7) is 10.3. The molecule has 0 fully saturated rings. The predicted octanol–water partition coefficient (Wildman–Crippen LogP) is 3.46. The normalized spacial score (nSPS) is 14.4. The quantitative estimate of drug-likeness (QED) is 0.898. The molecule has 0 aliphatic rings. The van der Waals surface area contributed by atoms with Crippen molar-refractivity contribution in [3.8, 4) is 0 Å². The summed E-state index contributed by atoms with van der Waals surface area (Å²) in [6, 6.07) is 0.296. The molecule has 1 aromatic heterocycles. The molecule has 1 aromatic rings. The highest BCUT2D eigenvalue weighted by Gasteiger charge is 2.23. The van der Waals surface area contributed by atoms with E-state index in [0.717, 1.165) is 12.1 Å². The van der Waals surface area contributed by atoms with E-state index < -0.39 is 0 Å². The van der Waals surface area contributed by atoms with Gasteiger partial charge in [0.2, 0.25) is 0 Å². The van der Waals surface area contributed by atoms with Gasteiger partial charge >= 0.3 is 0 Å². The summed E-state index contributed by atoms with van der Waals surface area (Å²) in [7, 11) is 0. The number of halogens is 1. The van der Waals surface area contributed by atoms with E-state index in [-0.39, 0.29) is 11.5 Å². The van der Waals surface area contributed by atoms with Gasteiger partial charge in [-0.2, -0.15) is 5.10 Å². The second kappa shape index (κ2) is 5.40. The lowest BCUT2D eigenvalue weighted by molar-refractivity contribution is 0.0555. The topological polar surface area (TPSA) is 38.0 Å². The molecule has 1 unspecified atom stereocenters. The number of aliphatic hydroxyl groups excluding tert-OH is 1. The maximum absolute atomic E-state index is 10.0. The minimum Gasteiger partial charge on any atom is -0.393 e. The number of hydrogen-bond acceptors (Lipinski definition) is 2. The summed E-state index contributed by atoms with van der Waals surface area (Å²) in [5.74, 6) is 0. The Balaban J connectivity index is 2.72. The number of nitrogens with zero attached hydrogens (tertiary/aromatic N) is 2. The van der Waals surface area contributed by atoms with Gasteiger partial charge in [0.1, 0.15) is 0 Å². The third kappa shape index (κ3) is 3.71. The minimum atomic E-state index is -0.325. The van der Waals surface area contributed by atoms with E-state index in [1.807, 2.05) is 25.5 Å². The molecule has 1 heterocycles. The van der Waals surface area contributed by atoms with E-state index >= 15 is 0 Å². The van der Waals surface area contributed by atoms with Crippen LogP contribution in [0, 0.1) is 5.41 Å². The smallest absolute Gasteiger partial charge is 0.0817 e. The van der Waals surface area contributed by atoms with Gasteiger partial charge in [0.05, 0.1) is 23.0 Å². The van der Waals surface area contributed by atoms with Crippen molar-refractivity contribution in [3.05, 3.63) is 16.9 Å². The molecule has 0 amide bonds. The maximum atomic E-state index is 10.0. The molecule has 17 heavy (non-hydrogen) atoms. The number of hydrogen-bond donors (Lipinski definition) is 1. The Hall–Kier alpha value is -0.540. The second-order valence-electron chi connectivity index (χ2n) is 5.90. The zero-order chi connectivity index (χ0) is 13.2. The van der Waals surface area contributed by atoms with Crippen LogP contribution in [0.3, 0.4) is 0 Å². The Labute approximate surface area is 109 Å². The summed E-state index contributed by atoms with van der Waals surface area (Å²) in [5, 5.41) is 15.0. The monoisotopic (exact) mass is 258 g/mol. The van der Waals surface area contributed by atoms with Gasteiger partial charge in [0, 0.05) is 6.04 Å². The molecule has 1 rings (SSSR count). The number of aromatic nitrogens is 2. The first-order valence-electron chi connectivity index (χ1n) is 6.13. The van der Waals surface area contributed by atoms with Crippen molar-refractivity contribution in [2.45, 2.75) is 59.6 Å². The van der Waals surface area contributed by atoms with Crippen molar-refractivity contribution in [1.82, 2.24) is 9.78 Å². The highest BCUT2D eigenvalue weighted by molar-refractivity contribution is 6.31. The van der Waals surface area contributed by atoms with Crippen LogP contribution in [0.4, 0.5) is 0 Å². The molecular formula is C13H23ClN2O. The predicted molar refractivity (Wildman–Crippen MR) is 71.4 cm³/mol. The first-order chi connectivity index (χ1) is 7.73. The molecule has 0 aromatic carbocycles. The van der Waals surface area contributed by atoms with Crippen molar-refractivity contribution in [2.75, 3.05) is 0 Å². The van der Waals surface area contributed by atoms with Crippen LogP contribution >= 0.6 is 11.6 Å². The van der Waals surface area contributed by atoms with E-state index in [0.29, 0.717) is 17.5 Å². The average molecular weight is 259 g/mol. The zero-order valence-corrected chi connectivity index (χ0v) is 12.1. The summed E-state index contributed by atoms with van der Waals surface area (Å²) in [5.41, 5.74) is 0.930. The lowest BCUT2D eigenvalue weighted by Crippen LogP contribution is -2.26. The Morgan fingerprint density at radius 2 is 2.00 bits per heavy atom. The van der Waals surface area contributed by atoms with E-state index in [1.165, 1.54) is 0 Å². The molecule has 0 aliphatic carbocycles. The van der Waals surface area contributed by atoms with Crippen molar-refractivity contribution >= 4 is 11.6 Å². The molecule has 3 nitrogen and oxygen atoms in total. The lowest BCUT2D eigenvalue weighted by Gasteiger charge is -2.26. The largest absolute Gasteiger partial charge is 0.393 e. The van der Waals surface area contributed by atoms with E-state index in [2.05, 4.69) is 18.9 Å². The molecule has 1 atom stereocenters. The third-order valence-corrected chi connectivity index (χ3v) is 3.31. The van der Waals surface area contributed by atoms with Crippen molar-refractivity contribution in [3.63, 3.8) is 0 Å². The average Bonchev–Trinajstić information content (AvgIpc) is 2.54. The van der Waals surface area contributed by atoms with Crippen LogP contribution in [0.25, 0.3) is 0 Å². The summed E-state index contributed by atoms with van der Waals surface area (Å²) >= 11 is 6.12. The number of rotatable bonds is 4. The van der Waals surface area contributed by atoms with Crippen LogP contribution in [-0.2, 0) is 6.42 Å². The van der Waals surface area contributed by atoms with E-state index in [4.69, 9.17) is 11.6 Å². The van der Waals surface area contributed by atoms with Crippen LogP contribution < -0.4 is 0 Å². The van der Waals surface area contributed by atoms with Crippen LogP contribution in [0.5, 0.6) is 0 Å². The molecular weight excluding hydrogens is 236 g/mol. The van der Waals surface area contributed by atoms with E-state index in [9.17, 15) is 5.11 Å². The SMILES string of the molecule is CC(C)n1ncc(Cl)c1CCC(O)C(C)(C)C. The van der Waals surface area contributed by atoms with Gasteiger partial charge in [-0.15, -0.1) is 0 Å². The van der Waals surface area contributed by atoms with Crippen LogP contribution in [0.15, 0.2) is 6.20 Å². The molecule has 1 N–H and O–H groups in total. The van der Waals surface area contributed by atoms with Gasteiger partial charge in [0.15, 0.2) is 0 Å². The van der Waals surface area contributed by atoms with Crippen LogP contribution in [0.2, 0.25) is 5.02 Å². The molecule has 0 radical (unpaired) electrons. The van der Waals surface area contributed by atoms with Crippen molar-refractivity contribution in [2.24, 2.45) is 5.41 Å². The highest BCUT2D eigenvalue weighted by Crippen LogP contribution is 2.26. The standard InChI is InChI=1S/C13H23ClN2O/c1-9(2)16-11(10(14)8-15-16)6-7-12(17)13(3,4)5/h8-9,12,17H,6-7H2,1-5H3. The first kappa shape index (κ1) is 14.5. The van der Waals surface area contributed by atoms with Gasteiger partial charge in [-0.25, -0.2) is 0 Å². The first-order valence-corrected chi connectivity index (χ1v) is 6.51. The fraction of sp³-hybridized carbons (Fsp3) is 0.769. The zero-order valence-electron chi connectivity index (χ0n) is 11.4. The maximum Gasteiger partial charge on any atom is 0.0817 e. The summed E-state index contributed by atoms with van der Waals surface area (Å²) in [6.07, 6.45) is 2.83. The molecule has 4 heteroatoms. The molecule has 0 bridgehead atoms. The Morgan fingerprint density at radius 3 is 2.47 bits per heavy atom. The Morgan fingerprint density at radius 1 is 1.41 bits per heavy atom. The van der Waals surface area contributed by atoms with Crippen molar-refractivity contribution < 1.29 is 5.11 Å². The highest BCUT2D eigenvalue weighted by atomic mass is 35.5. The third-order valence-electron chi connectivity index (χ3n) is 2.99. The van der Waals surface area contributed by atoms with Gasteiger partial charge in [-0.3, -0.25) is 4.68 Å². The van der Waals surface area contributed by atoms with Crippen molar-refractivity contribution in [1.29, 1.82) is 0 Å². The Kier molecular flexibility index (Phi) is 4.62. The Bertz CT molecular complexity index is 366. The fourth-order valence-electron chi connectivity index (χ4n) is 1.75. The molecule has 0 saturated carbocycles. The molecule has 0 saturated heterocycles. The van der Waals surface area contributed by atoms with Crippen LogP contribution in [-0.4, -0.2) is 21.0 Å². The van der Waals surface area contributed by atoms with Gasteiger partial charge in [0.25, 0.3) is 0 Å². The minimum absolute atomic E-state index is 0.0881. The number of aliphatic hydroxyl groups is 1. The summed E-state index contributed by atoms with van der Waals surface area (Å²) < 4.78 is 1.93. The molecule has 0 spiro atoms. The fourth-order valence-corrected chi connectivity index (χ4v) is 1.98. The van der Waals surface area contributed by atoms with Gasteiger partial charge < -0.3 is 5.11 Å². The van der Waals surface area contributed by atoms with E-state index in [1.54, 1.807) is 6.20 Å². The van der Waals surface area contributed by atoms with Gasteiger partial charge in [-0.1, -0.05) is 32.4 Å². The van der Waals surface area contributed by atoms with Gasteiger partial charge in [-0.05, 0) is 32.1 Å². The lowest BCUT2D eigenvalue weighted by atomic mass is 9.86. The second-order valence-corrected chi connectivity index (χ2v) is 6.31.